The smallest absolute Gasteiger partial charge is 0.357 e. The van der Waals surface area contributed by atoms with Crippen molar-refractivity contribution < 1.29 is 99.0 Å². The average molecular weight is 1050 g/mol. The second kappa shape index (κ2) is 25.3. The van der Waals surface area contributed by atoms with Crippen LogP contribution in [0.3, 0.4) is 0 Å². The van der Waals surface area contributed by atoms with Gasteiger partial charge in [-0.05, 0) is 0 Å². The van der Waals surface area contributed by atoms with Gasteiger partial charge in [-0.1, -0.05) is 0 Å². The summed E-state index contributed by atoms with van der Waals surface area (Å²) < 4.78 is 0. The zero-order valence-electron chi connectivity index (χ0n) is 29.2. The summed E-state index contributed by atoms with van der Waals surface area (Å²) in [6.07, 6.45) is 11.2. The van der Waals surface area contributed by atoms with E-state index in [2.05, 4.69) is 49.8 Å². The fraction of sp³-hybridized carbons (Fsp3) is 0. The number of aromatic nitrogens is 10. The first kappa shape index (κ1) is 52.0. The second-order valence-electron chi connectivity index (χ2n) is 9.32. The number of aromatic carboxylic acids is 10. The van der Waals surface area contributed by atoms with Gasteiger partial charge < -0.3 is 51.1 Å². The van der Waals surface area contributed by atoms with Crippen molar-refractivity contribution in [3.05, 3.63) is 119 Å². The van der Waals surface area contributed by atoms with Crippen LogP contribution in [-0.4, -0.2) is 187 Å². The molecule has 3 radical (unpaired) electrons. The minimum atomic E-state index is -1.40. The van der Waals surface area contributed by atoms with Crippen molar-refractivity contribution in [2.75, 3.05) is 0 Å². The number of carboxylic acid groups (broad SMARTS) is 10. The summed E-state index contributed by atoms with van der Waals surface area (Å²) in [5.74, 6) is -14.0. The molecular weight excluding hydrogens is 1030 g/mol. The van der Waals surface area contributed by atoms with Gasteiger partial charge in [-0.15, -0.1) is 0 Å². The maximum Gasteiger partial charge on any atom is 0.357 e. The van der Waals surface area contributed by atoms with Gasteiger partial charge >= 0.3 is 59.7 Å². The Hall–Kier alpha value is -9.02. The SMILES string of the molecule is O=C(O)c1nccnc1C(=O)O.O=C(O)c1nccnc1C(=O)O.O=C(O)c1nccnc1C(=O)O.O=C(O)c1nccnc1C(=O)O.O=C(O)c1nccnc1C(=O)O.[Bi]. The van der Waals surface area contributed by atoms with Crippen LogP contribution in [0.5, 0.6) is 0 Å². The maximum absolute atomic E-state index is 10.4. The van der Waals surface area contributed by atoms with Crippen molar-refractivity contribution in [3.8, 4) is 0 Å². The standard InChI is InChI=1S/5C6H4N2O4.Bi/c5*9-5(10)3-4(6(11)12)8-2-1-7-3;/h5*1-2H,(H,9,10)(H,11,12);. The summed E-state index contributed by atoms with van der Waals surface area (Å²) in [4.78, 5) is 137. The quantitative estimate of drug-likeness (QED) is 0.0749. The van der Waals surface area contributed by atoms with Crippen molar-refractivity contribution in [2.45, 2.75) is 0 Å². The van der Waals surface area contributed by atoms with E-state index in [-0.39, 0.29) is 26.2 Å². The summed E-state index contributed by atoms with van der Waals surface area (Å²) in [7, 11) is 0. The van der Waals surface area contributed by atoms with Crippen LogP contribution in [0, 0.1) is 0 Å². The van der Waals surface area contributed by atoms with Gasteiger partial charge in [-0.25, -0.2) is 97.8 Å². The van der Waals surface area contributed by atoms with E-state index in [4.69, 9.17) is 51.1 Å². The number of carbonyl (C=O) groups is 10. The molecule has 5 rings (SSSR count). The molecule has 30 nitrogen and oxygen atoms in total. The van der Waals surface area contributed by atoms with E-state index >= 15 is 0 Å². The molecule has 0 fully saturated rings. The minimum Gasteiger partial charge on any atom is -0.476 e. The Kier molecular flexibility index (Phi) is 21.5. The van der Waals surface area contributed by atoms with Gasteiger partial charge in [0.15, 0.2) is 56.9 Å². The van der Waals surface area contributed by atoms with Crippen molar-refractivity contribution in [1.29, 1.82) is 0 Å². The zero-order chi connectivity index (χ0) is 45.7. The first-order valence-electron chi connectivity index (χ1n) is 14.5. The van der Waals surface area contributed by atoms with Gasteiger partial charge in [0.2, 0.25) is 0 Å². The first-order valence-corrected chi connectivity index (χ1v) is 14.5. The summed E-state index contributed by atoms with van der Waals surface area (Å²) >= 11 is 0. The molecule has 0 atom stereocenters. The molecule has 5 aromatic rings. The van der Waals surface area contributed by atoms with E-state index in [9.17, 15) is 47.9 Å². The Morgan fingerprint density at radius 2 is 0.279 bits per heavy atom. The van der Waals surface area contributed by atoms with Gasteiger partial charge in [0.25, 0.3) is 0 Å². The van der Waals surface area contributed by atoms with E-state index in [1.54, 1.807) is 0 Å². The number of rotatable bonds is 10. The Labute approximate surface area is 352 Å². The van der Waals surface area contributed by atoms with Crippen LogP contribution in [0.4, 0.5) is 0 Å². The fourth-order valence-corrected chi connectivity index (χ4v) is 3.26. The average Bonchev–Trinajstić information content (AvgIpc) is 3.21. The number of hydrogen-bond donors (Lipinski definition) is 10. The molecule has 31 heteroatoms. The van der Waals surface area contributed by atoms with E-state index in [0.29, 0.717) is 0 Å². The monoisotopic (exact) mass is 1050 g/mol. The fourth-order valence-electron chi connectivity index (χ4n) is 3.26. The van der Waals surface area contributed by atoms with E-state index in [1.807, 2.05) is 0 Å². The van der Waals surface area contributed by atoms with E-state index < -0.39 is 117 Å². The van der Waals surface area contributed by atoms with Crippen molar-refractivity contribution >= 4 is 85.9 Å². The molecule has 315 valence electrons. The molecule has 5 aromatic heterocycles. The molecular formula is C30H20BiN10O20. The van der Waals surface area contributed by atoms with Crippen molar-refractivity contribution in [3.63, 3.8) is 0 Å². The van der Waals surface area contributed by atoms with E-state index in [0.717, 1.165) is 62.0 Å². The summed E-state index contributed by atoms with van der Waals surface area (Å²) in [6.45, 7) is 0. The largest absolute Gasteiger partial charge is 0.476 e. The van der Waals surface area contributed by atoms with Crippen LogP contribution in [0.1, 0.15) is 105 Å². The van der Waals surface area contributed by atoms with Gasteiger partial charge in [0.05, 0.1) is 0 Å². The third-order valence-electron chi connectivity index (χ3n) is 5.52. The third kappa shape index (κ3) is 16.5. The zero-order valence-corrected chi connectivity index (χ0v) is 32.7. The molecule has 0 spiro atoms. The molecule has 0 saturated heterocycles. The van der Waals surface area contributed by atoms with Gasteiger partial charge in [-0.2, -0.15) is 0 Å². The number of nitrogens with zero attached hydrogens (tertiary/aromatic N) is 10. The molecule has 10 N–H and O–H groups in total. The molecule has 0 bridgehead atoms. The summed E-state index contributed by atoms with van der Waals surface area (Å²) in [5.41, 5.74) is -5.51. The second-order valence-corrected chi connectivity index (χ2v) is 9.32. The minimum absolute atomic E-state index is 0. The molecule has 0 aliphatic heterocycles. The van der Waals surface area contributed by atoms with Crippen LogP contribution in [0.25, 0.3) is 0 Å². The normalized spacial score (nSPS) is 9.18. The summed E-state index contributed by atoms with van der Waals surface area (Å²) in [6, 6.07) is 0. The van der Waals surface area contributed by atoms with Crippen LogP contribution < -0.4 is 0 Å². The maximum atomic E-state index is 10.4. The van der Waals surface area contributed by atoms with Crippen LogP contribution in [0.2, 0.25) is 0 Å². The number of hydrogen-bond acceptors (Lipinski definition) is 20. The van der Waals surface area contributed by atoms with Crippen LogP contribution in [0.15, 0.2) is 62.0 Å². The van der Waals surface area contributed by atoms with Crippen LogP contribution in [-0.2, 0) is 0 Å². The predicted molar refractivity (Wildman–Crippen MR) is 186 cm³/mol. The molecule has 5 heterocycles. The predicted octanol–water partition coefficient (Wildman–Crippen LogP) is -1.02. The van der Waals surface area contributed by atoms with Crippen molar-refractivity contribution in [2.24, 2.45) is 0 Å². The molecule has 0 aliphatic carbocycles. The molecule has 0 aromatic carbocycles. The first-order chi connectivity index (χ1) is 28.1. The molecule has 61 heavy (non-hydrogen) atoms. The Balaban J connectivity index is 0.000000735. The topological polar surface area (TPSA) is 502 Å². The van der Waals surface area contributed by atoms with Gasteiger partial charge in [0, 0.05) is 88.2 Å². The molecule has 0 amide bonds. The molecule has 0 aliphatic rings. The number of carboxylic acids is 10. The Morgan fingerprint density at radius 1 is 0.213 bits per heavy atom. The third-order valence-corrected chi connectivity index (χ3v) is 5.52. The Bertz CT molecular complexity index is 1910. The Morgan fingerprint density at radius 3 is 0.328 bits per heavy atom. The van der Waals surface area contributed by atoms with Gasteiger partial charge in [-0.3, -0.25) is 0 Å². The van der Waals surface area contributed by atoms with Crippen LogP contribution >= 0.6 is 0 Å². The van der Waals surface area contributed by atoms with Crippen molar-refractivity contribution in [1.82, 2.24) is 49.8 Å². The van der Waals surface area contributed by atoms with E-state index in [1.165, 1.54) is 0 Å². The summed E-state index contributed by atoms with van der Waals surface area (Å²) in [5, 5.41) is 84.5. The van der Waals surface area contributed by atoms with Gasteiger partial charge in [0.1, 0.15) is 0 Å². The molecule has 0 saturated carbocycles. The molecule has 0 unspecified atom stereocenters.